The number of phenols is 1. The molecule has 174 valence electrons. The number of benzene rings is 2. The van der Waals surface area contributed by atoms with Crippen LogP contribution in [0.1, 0.15) is 40.7 Å². The molecule has 0 bridgehead atoms. The van der Waals surface area contributed by atoms with Crippen molar-refractivity contribution in [2.45, 2.75) is 32.0 Å². The molecule has 2 aromatic carbocycles. The number of ketones is 1. The summed E-state index contributed by atoms with van der Waals surface area (Å²) in [5.74, 6) is 1.21. The van der Waals surface area contributed by atoms with Crippen LogP contribution in [0, 0.1) is 0 Å². The van der Waals surface area contributed by atoms with Crippen molar-refractivity contribution in [3.63, 3.8) is 0 Å². The fraction of sp³-hybridized carbons (Fsp3) is 0.296. The molecule has 0 saturated carbocycles. The fourth-order valence-electron chi connectivity index (χ4n) is 3.52. The lowest BCUT2D eigenvalue weighted by Crippen LogP contribution is -2.25. The van der Waals surface area contributed by atoms with Gasteiger partial charge in [-0.1, -0.05) is 18.7 Å². The van der Waals surface area contributed by atoms with Crippen molar-refractivity contribution in [2.24, 2.45) is 0 Å². The Balaban J connectivity index is 1.82. The highest BCUT2D eigenvalue weighted by atomic mass is 16.7. The molecule has 0 amide bonds. The van der Waals surface area contributed by atoms with E-state index in [4.69, 9.17) is 18.9 Å². The molecule has 0 aromatic heterocycles. The van der Waals surface area contributed by atoms with Gasteiger partial charge in [0.2, 0.25) is 0 Å². The molecule has 6 heteroatoms. The third kappa shape index (κ3) is 6.49. The Morgan fingerprint density at radius 3 is 2.70 bits per heavy atom. The predicted octanol–water partition coefficient (Wildman–Crippen LogP) is 5.50. The average Bonchev–Trinajstić information content (AvgIpc) is 2.83. The van der Waals surface area contributed by atoms with Gasteiger partial charge in [0, 0.05) is 24.1 Å². The number of phenolic OH excluding ortho intramolecular Hbond substituents is 1. The van der Waals surface area contributed by atoms with E-state index in [1.54, 1.807) is 31.4 Å². The van der Waals surface area contributed by atoms with Gasteiger partial charge in [0.1, 0.15) is 29.6 Å². The van der Waals surface area contributed by atoms with E-state index in [1.165, 1.54) is 18.2 Å². The zero-order valence-corrected chi connectivity index (χ0v) is 18.9. The largest absolute Gasteiger partial charge is 0.507 e. The van der Waals surface area contributed by atoms with Gasteiger partial charge in [-0.25, -0.2) is 0 Å². The summed E-state index contributed by atoms with van der Waals surface area (Å²) < 4.78 is 22.7. The summed E-state index contributed by atoms with van der Waals surface area (Å²) in [6, 6.07) is 8.29. The minimum atomic E-state index is -0.342. The van der Waals surface area contributed by atoms with Crippen molar-refractivity contribution in [1.82, 2.24) is 0 Å². The number of carbonyl (C=O) groups excluding carboxylic acids is 1. The van der Waals surface area contributed by atoms with Crippen molar-refractivity contribution in [3.8, 4) is 23.0 Å². The molecule has 1 atom stereocenters. The Kier molecular flexibility index (Phi) is 8.72. The molecule has 1 saturated heterocycles. The molecule has 1 aliphatic heterocycles. The van der Waals surface area contributed by atoms with E-state index in [0.717, 1.165) is 24.8 Å². The number of methoxy groups -OCH3 is 1. The van der Waals surface area contributed by atoms with E-state index in [9.17, 15) is 9.90 Å². The van der Waals surface area contributed by atoms with Crippen LogP contribution < -0.4 is 14.2 Å². The standard InChI is InChI=1S/C27H30O6/c1-4-8-19-16-20(25(30-3)18-26(19)33-27-9-6-7-15-32-27)10-13-23(28)22-12-11-21(17-24(22)29)31-14-5-2/h4-5,10-13,16-18,27,29H,1-2,6-9,14-15H2,3H3/b13-10+. The number of hydrogen-bond acceptors (Lipinski definition) is 6. The van der Waals surface area contributed by atoms with Gasteiger partial charge in [-0.15, -0.1) is 6.58 Å². The molecule has 1 unspecified atom stereocenters. The van der Waals surface area contributed by atoms with Crippen LogP contribution in [0.4, 0.5) is 0 Å². The highest BCUT2D eigenvalue weighted by molar-refractivity contribution is 6.08. The molecular formula is C27H30O6. The minimum Gasteiger partial charge on any atom is -0.507 e. The lowest BCUT2D eigenvalue weighted by atomic mass is 10.0. The third-order valence-electron chi connectivity index (χ3n) is 5.19. The van der Waals surface area contributed by atoms with Gasteiger partial charge in [0.25, 0.3) is 0 Å². The molecular weight excluding hydrogens is 420 g/mol. The molecule has 0 spiro atoms. The van der Waals surface area contributed by atoms with Crippen molar-refractivity contribution >= 4 is 11.9 Å². The molecule has 0 radical (unpaired) electrons. The number of hydrogen-bond donors (Lipinski definition) is 1. The van der Waals surface area contributed by atoms with Crippen molar-refractivity contribution in [2.75, 3.05) is 20.3 Å². The van der Waals surface area contributed by atoms with E-state index in [2.05, 4.69) is 13.2 Å². The maximum atomic E-state index is 12.7. The topological polar surface area (TPSA) is 74.2 Å². The number of rotatable bonds is 11. The van der Waals surface area contributed by atoms with Crippen LogP contribution in [0.5, 0.6) is 23.0 Å². The number of allylic oxidation sites excluding steroid dienone is 2. The van der Waals surface area contributed by atoms with Crippen LogP contribution in [0.2, 0.25) is 0 Å². The monoisotopic (exact) mass is 450 g/mol. The zero-order valence-electron chi connectivity index (χ0n) is 18.9. The van der Waals surface area contributed by atoms with Gasteiger partial charge in [-0.2, -0.15) is 0 Å². The maximum absolute atomic E-state index is 12.7. The lowest BCUT2D eigenvalue weighted by molar-refractivity contribution is -0.106. The number of ether oxygens (including phenoxy) is 4. The quantitative estimate of drug-likeness (QED) is 0.277. The summed E-state index contributed by atoms with van der Waals surface area (Å²) in [6.07, 6.45) is 9.72. The SMILES string of the molecule is C=CCOc1ccc(C(=O)/C=C/c2cc(CC=C)c(OC3CCCCO3)cc2OC)c(O)c1. The van der Waals surface area contributed by atoms with Gasteiger partial charge in [-0.05, 0) is 55.2 Å². The Bertz CT molecular complexity index is 1020. The highest BCUT2D eigenvalue weighted by Gasteiger charge is 2.18. The Morgan fingerprint density at radius 1 is 1.18 bits per heavy atom. The van der Waals surface area contributed by atoms with Crippen LogP contribution in [-0.2, 0) is 11.2 Å². The Hall–Kier alpha value is -3.51. The highest BCUT2D eigenvalue weighted by Crippen LogP contribution is 2.33. The molecule has 0 aliphatic carbocycles. The Labute approximate surface area is 194 Å². The zero-order chi connectivity index (χ0) is 23.6. The molecule has 2 aromatic rings. The van der Waals surface area contributed by atoms with E-state index < -0.39 is 0 Å². The molecule has 33 heavy (non-hydrogen) atoms. The van der Waals surface area contributed by atoms with E-state index in [-0.39, 0.29) is 23.4 Å². The van der Waals surface area contributed by atoms with Crippen molar-refractivity contribution in [1.29, 1.82) is 0 Å². The lowest BCUT2D eigenvalue weighted by Gasteiger charge is -2.25. The van der Waals surface area contributed by atoms with E-state index in [1.807, 2.05) is 12.1 Å². The number of carbonyl (C=O) groups is 1. The molecule has 1 heterocycles. The van der Waals surface area contributed by atoms with Crippen LogP contribution in [0.25, 0.3) is 6.08 Å². The predicted molar refractivity (Wildman–Crippen MR) is 128 cm³/mol. The second kappa shape index (κ2) is 11.9. The summed E-state index contributed by atoms with van der Waals surface area (Å²) in [6.45, 7) is 8.42. The summed E-state index contributed by atoms with van der Waals surface area (Å²) in [5.41, 5.74) is 1.81. The first-order valence-electron chi connectivity index (χ1n) is 10.9. The summed E-state index contributed by atoms with van der Waals surface area (Å²) >= 11 is 0. The summed E-state index contributed by atoms with van der Waals surface area (Å²) in [7, 11) is 1.57. The molecule has 3 rings (SSSR count). The smallest absolute Gasteiger partial charge is 0.199 e. The third-order valence-corrected chi connectivity index (χ3v) is 5.19. The van der Waals surface area contributed by atoms with Gasteiger partial charge in [-0.3, -0.25) is 4.79 Å². The van der Waals surface area contributed by atoms with Crippen molar-refractivity contribution in [3.05, 3.63) is 78.4 Å². The van der Waals surface area contributed by atoms with Crippen LogP contribution >= 0.6 is 0 Å². The van der Waals surface area contributed by atoms with Gasteiger partial charge < -0.3 is 24.1 Å². The fourth-order valence-corrected chi connectivity index (χ4v) is 3.52. The summed E-state index contributed by atoms with van der Waals surface area (Å²) in [4.78, 5) is 12.7. The maximum Gasteiger partial charge on any atom is 0.199 e. The first-order valence-corrected chi connectivity index (χ1v) is 10.9. The van der Waals surface area contributed by atoms with E-state index in [0.29, 0.717) is 42.4 Å². The second-order valence-electron chi connectivity index (χ2n) is 7.58. The van der Waals surface area contributed by atoms with E-state index >= 15 is 0 Å². The normalized spacial score (nSPS) is 15.7. The first-order chi connectivity index (χ1) is 16.0. The van der Waals surface area contributed by atoms with Gasteiger partial charge in [0.15, 0.2) is 12.1 Å². The second-order valence-corrected chi connectivity index (χ2v) is 7.58. The Morgan fingerprint density at radius 2 is 2.03 bits per heavy atom. The van der Waals surface area contributed by atoms with Crippen LogP contribution in [-0.4, -0.2) is 37.5 Å². The molecule has 1 aliphatic rings. The number of aromatic hydroxyl groups is 1. The van der Waals surface area contributed by atoms with Crippen LogP contribution in [0.3, 0.4) is 0 Å². The van der Waals surface area contributed by atoms with Gasteiger partial charge >= 0.3 is 0 Å². The summed E-state index contributed by atoms with van der Waals surface area (Å²) in [5, 5.41) is 10.2. The van der Waals surface area contributed by atoms with Crippen LogP contribution in [0.15, 0.2) is 61.7 Å². The average molecular weight is 451 g/mol. The molecule has 1 N–H and O–H groups in total. The first kappa shape index (κ1) is 24.1. The minimum absolute atomic E-state index is 0.151. The molecule has 1 fully saturated rings. The van der Waals surface area contributed by atoms with Gasteiger partial charge in [0.05, 0.1) is 19.3 Å². The molecule has 6 nitrogen and oxygen atoms in total. The van der Waals surface area contributed by atoms with Crippen molar-refractivity contribution < 1.29 is 28.8 Å².